The van der Waals surface area contributed by atoms with E-state index in [0.717, 1.165) is 16.3 Å². The number of hydrogen-bond donors (Lipinski definition) is 1. The molecule has 0 bridgehead atoms. The lowest BCUT2D eigenvalue weighted by Crippen LogP contribution is -2.13. The lowest BCUT2D eigenvalue weighted by atomic mass is 10.1. The molecule has 3 rings (SSSR count). The maximum absolute atomic E-state index is 12.4. The van der Waals surface area contributed by atoms with Gasteiger partial charge in [-0.2, -0.15) is 0 Å². The molecule has 0 saturated heterocycles. The normalized spacial score (nSPS) is 11.4. The second kappa shape index (κ2) is 6.43. The van der Waals surface area contributed by atoms with E-state index in [0.29, 0.717) is 10.2 Å². The summed E-state index contributed by atoms with van der Waals surface area (Å²) in [6, 6.07) is 13.9. The van der Waals surface area contributed by atoms with Crippen LogP contribution in [-0.4, -0.2) is 13.4 Å². The zero-order valence-corrected chi connectivity index (χ0v) is 15.4. The zero-order valence-electron chi connectivity index (χ0n) is 12.2. The number of hydrogen-bond acceptors (Lipinski definition) is 4. The van der Waals surface area contributed by atoms with Gasteiger partial charge in [-0.25, -0.2) is 13.4 Å². The van der Waals surface area contributed by atoms with Crippen molar-refractivity contribution in [2.75, 3.05) is 4.72 Å². The van der Waals surface area contributed by atoms with Crippen LogP contribution < -0.4 is 4.72 Å². The molecule has 4 nitrogen and oxygen atoms in total. The Morgan fingerprint density at radius 3 is 2.39 bits per heavy atom. The molecule has 118 valence electrons. The van der Waals surface area contributed by atoms with Gasteiger partial charge in [0.25, 0.3) is 10.0 Å². The molecule has 0 saturated carbocycles. The Balaban J connectivity index is 1.85. The maximum atomic E-state index is 12.4. The Hall–Kier alpha value is -1.70. The van der Waals surface area contributed by atoms with Gasteiger partial charge in [0, 0.05) is 21.1 Å². The molecule has 7 heteroatoms. The molecule has 0 atom stereocenters. The molecule has 0 radical (unpaired) electrons. The predicted molar refractivity (Wildman–Crippen MR) is 97.2 cm³/mol. The Morgan fingerprint density at radius 1 is 1.09 bits per heavy atom. The van der Waals surface area contributed by atoms with Gasteiger partial charge in [-0.15, -0.1) is 11.3 Å². The van der Waals surface area contributed by atoms with Crippen LogP contribution in [0.25, 0.3) is 11.3 Å². The van der Waals surface area contributed by atoms with Gasteiger partial charge in [-0.3, -0.25) is 4.72 Å². The minimum absolute atomic E-state index is 0.208. The number of anilines is 1. The molecule has 0 spiro atoms. The Morgan fingerprint density at radius 2 is 1.78 bits per heavy atom. The number of thiazole rings is 1. The summed E-state index contributed by atoms with van der Waals surface area (Å²) in [6.07, 6.45) is 0. The van der Waals surface area contributed by atoms with Crippen LogP contribution in [0.2, 0.25) is 0 Å². The van der Waals surface area contributed by atoms with Gasteiger partial charge < -0.3 is 0 Å². The monoisotopic (exact) mass is 408 g/mol. The Labute approximate surface area is 147 Å². The highest BCUT2D eigenvalue weighted by Gasteiger charge is 2.17. The minimum atomic E-state index is -3.63. The maximum Gasteiger partial charge on any atom is 0.263 e. The lowest BCUT2D eigenvalue weighted by Gasteiger charge is -2.09. The molecule has 0 aliphatic heterocycles. The number of benzene rings is 2. The van der Waals surface area contributed by atoms with Crippen LogP contribution in [0.1, 0.15) is 5.01 Å². The fourth-order valence-electron chi connectivity index (χ4n) is 2.08. The molecule has 23 heavy (non-hydrogen) atoms. The topological polar surface area (TPSA) is 59.1 Å². The number of aryl methyl sites for hydroxylation is 1. The average Bonchev–Trinajstić information content (AvgIpc) is 2.94. The molecule has 1 heterocycles. The van der Waals surface area contributed by atoms with Crippen molar-refractivity contribution in [1.82, 2.24) is 4.98 Å². The van der Waals surface area contributed by atoms with Crippen LogP contribution in [0.4, 0.5) is 5.69 Å². The first kappa shape index (κ1) is 16.2. The van der Waals surface area contributed by atoms with E-state index in [2.05, 4.69) is 25.6 Å². The second-order valence-corrected chi connectivity index (χ2v) is 8.43. The highest BCUT2D eigenvalue weighted by atomic mass is 79.9. The summed E-state index contributed by atoms with van der Waals surface area (Å²) < 4.78 is 28.0. The Kier molecular flexibility index (Phi) is 4.52. The summed E-state index contributed by atoms with van der Waals surface area (Å²) in [5, 5.41) is 2.98. The predicted octanol–water partition coefficient (Wildman–Crippen LogP) is 4.68. The molecule has 3 aromatic rings. The molecule has 0 amide bonds. The lowest BCUT2D eigenvalue weighted by molar-refractivity contribution is 0.601. The molecule has 0 unspecified atom stereocenters. The van der Waals surface area contributed by atoms with Gasteiger partial charge >= 0.3 is 0 Å². The molecule has 0 aliphatic rings. The highest BCUT2D eigenvalue weighted by Crippen LogP contribution is 2.26. The fraction of sp³-hybridized carbons (Fsp3) is 0.0625. The van der Waals surface area contributed by atoms with Crippen molar-refractivity contribution >= 4 is 43.0 Å². The van der Waals surface area contributed by atoms with Crippen LogP contribution in [0, 0.1) is 6.92 Å². The molecule has 1 N–H and O–H groups in total. The first-order valence-corrected chi connectivity index (χ1v) is 9.91. The van der Waals surface area contributed by atoms with Crippen molar-refractivity contribution in [3.8, 4) is 11.3 Å². The molecule has 0 fully saturated rings. The van der Waals surface area contributed by atoms with E-state index in [9.17, 15) is 8.42 Å². The van der Waals surface area contributed by atoms with Crippen molar-refractivity contribution in [2.24, 2.45) is 0 Å². The molecule has 2 aromatic carbocycles. The van der Waals surface area contributed by atoms with Gasteiger partial charge in [0.2, 0.25) is 0 Å². The van der Waals surface area contributed by atoms with E-state index in [1.807, 2.05) is 24.4 Å². The highest BCUT2D eigenvalue weighted by molar-refractivity contribution is 9.10. The van der Waals surface area contributed by atoms with Crippen LogP contribution in [0.5, 0.6) is 0 Å². The van der Waals surface area contributed by atoms with Gasteiger partial charge in [-0.1, -0.05) is 24.3 Å². The van der Waals surface area contributed by atoms with Crippen molar-refractivity contribution < 1.29 is 8.42 Å². The number of halogens is 1. The van der Waals surface area contributed by atoms with Crippen molar-refractivity contribution in [2.45, 2.75) is 11.8 Å². The zero-order chi connectivity index (χ0) is 16.4. The quantitative estimate of drug-likeness (QED) is 0.681. The fourth-order valence-corrected chi connectivity index (χ4v) is 4.76. The third-order valence-electron chi connectivity index (χ3n) is 3.18. The van der Waals surface area contributed by atoms with E-state index >= 15 is 0 Å². The summed E-state index contributed by atoms with van der Waals surface area (Å²) in [7, 11) is -3.63. The number of rotatable bonds is 4. The van der Waals surface area contributed by atoms with Crippen molar-refractivity contribution in [3.63, 3.8) is 0 Å². The summed E-state index contributed by atoms with van der Waals surface area (Å²) in [5.74, 6) is 0. The smallest absolute Gasteiger partial charge is 0.263 e. The van der Waals surface area contributed by atoms with Crippen LogP contribution in [-0.2, 0) is 10.0 Å². The first-order valence-electron chi connectivity index (χ1n) is 6.75. The molecular weight excluding hydrogens is 396 g/mol. The van der Waals surface area contributed by atoms with Gasteiger partial charge in [0.15, 0.2) is 0 Å². The summed E-state index contributed by atoms with van der Waals surface area (Å²) in [6.45, 7) is 1.95. The number of nitrogens with zero attached hydrogens (tertiary/aromatic N) is 1. The van der Waals surface area contributed by atoms with E-state index < -0.39 is 10.0 Å². The minimum Gasteiger partial charge on any atom is -0.280 e. The number of nitrogens with one attached hydrogen (secondary N) is 1. The van der Waals surface area contributed by atoms with E-state index in [-0.39, 0.29) is 4.90 Å². The molecule has 1 aromatic heterocycles. The van der Waals surface area contributed by atoms with Crippen LogP contribution >= 0.6 is 27.3 Å². The first-order chi connectivity index (χ1) is 11.0. The SMILES string of the molecule is Cc1nc(-c2ccc(NS(=O)(=O)c3ccccc3Br)cc2)cs1. The third-order valence-corrected chi connectivity index (χ3v) is 6.34. The molecule has 0 aliphatic carbocycles. The van der Waals surface area contributed by atoms with Gasteiger partial charge in [0.05, 0.1) is 10.7 Å². The van der Waals surface area contributed by atoms with E-state index in [1.165, 1.54) is 0 Å². The second-order valence-electron chi connectivity index (χ2n) is 4.87. The summed E-state index contributed by atoms with van der Waals surface area (Å²) in [4.78, 5) is 4.63. The number of aromatic nitrogens is 1. The standard InChI is InChI=1S/C16H13BrN2O2S2/c1-11-18-15(10-22-11)12-6-8-13(9-7-12)19-23(20,21)16-5-3-2-4-14(16)17/h2-10,19H,1H3. The largest absolute Gasteiger partial charge is 0.280 e. The Bertz CT molecular complexity index is 935. The van der Waals surface area contributed by atoms with Crippen LogP contribution in [0.15, 0.2) is 63.3 Å². The third kappa shape index (κ3) is 3.63. The van der Waals surface area contributed by atoms with Gasteiger partial charge in [-0.05, 0) is 47.1 Å². The molecular formula is C16H13BrN2O2S2. The summed E-state index contributed by atoms with van der Waals surface area (Å²) >= 11 is 4.85. The average molecular weight is 409 g/mol. The van der Waals surface area contributed by atoms with Crippen LogP contribution in [0.3, 0.4) is 0 Å². The number of sulfonamides is 1. The van der Waals surface area contributed by atoms with Crippen molar-refractivity contribution in [3.05, 3.63) is 63.4 Å². The summed E-state index contributed by atoms with van der Waals surface area (Å²) in [5.41, 5.74) is 2.36. The van der Waals surface area contributed by atoms with Crippen molar-refractivity contribution in [1.29, 1.82) is 0 Å². The van der Waals surface area contributed by atoms with E-state index in [1.54, 1.807) is 47.7 Å². The van der Waals surface area contributed by atoms with E-state index in [4.69, 9.17) is 0 Å². The van der Waals surface area contributed by atoms with Gasteiger partial charge in [0.1, 0.15) is 4.90 Å².